The highest BCUT2D eigenvalue weighted by Crippen LogP contribution is 2.47. The van der Waals surface area contributed by atoms with E-state index in [1.807, 2.05) is 19.1 Å². The molecule has 1 aromatic carbocycles. The van der Waals surface area contributed by atoms with Crippen molar-refractivity contribution in [1.82, 2.24) is 0 Å². The van der Waals surface area contributed by atoms with Crippen LogP contribution in [0.2, 0.25) is 0 Å². The molecule has 0 atom stereocenters. The highest BCUT2D eigenvalue weighted by molar-refractivity contribution is 6.13. The minimum atomic E-state index is -1.72. The summed E-state index contributed by atoms with van der Waals surface area (Å²) in [4.78, 5) is 37.5. The molecule has 0 bridgehead atoms. The van der Waals surface area contributed by atoms with E-state index in [1.54, 1.807) is 33.8 Å². The van der Waals surface area contributed by atoms with Gasteiger partial charge in [0.25, 0.3) is 0 Å². The van der Waals surface area contributed by atoms with E-state index >= 15 is 0 Å². The second kappa shape index (κ2) is 7.55. The van der Waals surface area contributed by atoms with Crippen LogP contribution in [0.25, 0.3) is 5.57 Å². The van der Waals surface area contributed by atoms with Crippen molar-refractivity contribution in [2.45, 2.75) is 52.6 Å². The largest absolute Gasteiger partial charge is 0.465 e. The number of hydrogen-bond acceptors (Lipinski definition) is 6. The summed E-state index contributed by atoms with van der Waals surface area (Å²) >= 11 is 0. The number of carbonyl (C=O) groups excluding carboxylic acids is 3. The highest BCUT2D eigenvalue weighted by Gasteiger charge is 2.55. The predicted molar refractivity (Wildman–Crippen MR) is 99.9 cm³/mol. The minimum Gasteiger partial charge on any atom is -0.465 e. The molecule has 1 aliphatic carbocycles. The van der Waals surface area contributed by atoms with Crippen LogP contribution in [0.15, 0.2) is 24.3 Å². The summed E-state index contributed by atoms with van der Waals surface area (Å²) < 4.78 is 16.0. The average molecular weight is 374 g/mol. The van der Waals surface area contributed by atoms with Crippen LogP contribution < -0.4 is 0 Å². The van der Waals surface area contributed by atoms with Gasteiger partial charge in [0.2, 0.25) is 5.41 Å². The van der Waals surface area contributed by atoms with E-state index < -0.39 is 28.9 Å². The van der Waals surface area contributed by atoms with Crippen LogP contribution in [0.5, 0.6) is 0 Å². The number of esters is 3. The normalized spacial score (nSPS) is 14.8. The lowest BCUT2D eigenvalue weighted by Crippen LogP contribution is -2.43. The zero-order valence-corrected chi connectivity index (χ0v) is 16.7. The second-order valence-corrected chi connectivity index (χ2v) is 6.96. The van der Waals surface area contributed by atoms with Gasteiger partial charge in [0.05, 0.1) is 13.2 Å². The first-order valence-electron chi connectivity index (χ1n) is 8.99. The Morgan fingerprint density at radius 1 is 1.04 bits per heavy atom. The molecule has 0 unspecified atom stereocenters. The fraction of sp³-hybridized carbons (Fsp3) is 0.476. The molecule has 0 fully saturated rings. The van der Waals surface area contributed by atoms with Gasteiger partial charge in [-0.2, -0.15) is 0 Å². The lowest BCUT2D eigenvalue weighted by molar-refractivity contribution is -0.161. The van der Waals surface area contributed by atoms with Crippen LogP contribution in [0.1, 0.15) is 51.3 Å². The van der Waals surface area contributed by atoms with Gasteiger partial charge >= 0.3 is 17.9 Å². The Kier molecular flexibility index (Phi) is 5.78. The van der Waals surface area contributed by atoms with Crippen molar-refractivity contribution >= 4 is 23.5 Å². The molecular formula is C21H26O6. The predicted octanol–water partition coefficient (Wildman–Crippen LogP) is 3.10. The summed E-state index contributed by atoms with van der Waals surface area (Å²) in [6.45, 7) is 10.2. The van der Waals surface area contributed by atoms with Gasteiger partial charge in [0.15, 0.2) is 0 Å². The van der Waals surface area contributed by atoms with Crippen molar-refractivity contribution in [3.8, 4) is 0 Å². The van der Waals surface area contributed by atoms with Gasteiger partial charge < -0.3 is 14.2 Å². The molecular weight excluding hydrogens is 348 g/mol. The zero-order valence-electron chi connectivity index (χ0n) is 16.7. The molecule has 0 radical (unpaired) electrons. The smallest absolute Gasteiger partial charge is 0.332 e. The second-order valence-electron chi connectivity index (χ2n) is 6.96. The first-order chi connectivity index (χ1) is 12.6. The van der Waals surface area contributed by atoms with Crippen LogP contribution in [-0.4, -0.2) is 36.7 Å². The number of carbonyl (C=O) groups is 3. The third-order valence-corrected chi connectivity index (χ3v) is 4.49. The van der Waals surface area contributed by atoms with Gasteiger partial charge in [-0.25, -0.2) is 0 Å². The Labute approximate surface area is 159 Å². The quantitative estimate of drug-likeness (QED) is 0.432. The van der Waals surface area contributed by atoms with Crippen LogP contribution in [0.4, 0.5) is 0 Å². The van der Waals surface area contributed by atoms with Gasteiger partial charge in [-0.05, 0) is 51.8 Å². The molecule has 0 aliphatic heterocycles. The summed E-state index contributed by atoms with van der Waals surface area (Å²) in [5, 5.41) is 0. The van der Waals surface area contributed by atoms with Crippen molar-refractivity contribution in [3.63, 3.8) is 0 Å². The molecule has 0 N–H and O–H groups in total. The maximum absolute atomic E-state index is 13.0. The maximum Gasteiger partial charge on any atom is 0.332 e. The van der Waals surface area contributed by atoms with Crippen LogP contribution in [0.3, 0.4) is 0 Å². The van der Waals surface area contributed by atoms with E-state index in [1.165, 1.54) is 13.0 Å². The fourth-order valence-corrected chi connectivity index (χ4v) is 3.41. The Hall–Kier alpha value is -2.63. The Balaban J connectivity index is 2.79. The van der Waals surface area contributed by atoms with E-state index in [-0.39, 0.29) is 13.2 Å². The fourth-order valence-electron chi connectivity index (χ4n) is 3.41. The lowest BCUT2D eigenvalue weighted by atomic mass is 9.82. The average Bonchev–Trinajstić information content (AvgIpc) is 2.90. The third-order valence-electron chi connectivity index (χ3n) is 4.49. The molecule has 6 heteroatoms. The van der Waals surface area contributed by atoms with Crippen molar-refractivity contribution in [3.05, 3.63) is 41.0 Å². The third kappa shape index (κ3) is 3.61. The van der Waals surface area contributed by atoms with Crippen molar-refractivity contribution in [1.29, 1.82) is 0 Å². The number of benzene rings is 1. The molecule has 6 nitrogen and oxygen atoms in total. The molecule has 2 rings (SSSR count). The number of fused-ring (bicyclic) bond motifs is 1. The summed E-state index contributed by atoms with van der Waals surface area (Å²) in [7, 11) is 0. The van der Waals surface area contributed by atoms with Crippen molar-refractivity contribution < 1.29 is 28.6 Å². The van der Waals surface area contributed by atoms with Crippen LogP contribution >= 0.6 is 0 Å². The molecule has 0 aromatic heterocycles. The topological polar surface area (TPSA) is 78.9 Å². The number of rotatable bonds is 6. The Morgan fingerprint density at radius 2 is 1.59 bits per heavy atom. The van der Waals surface area contributed by atoms with Crippen LogP contribution in [0, 0.1) is 6.92 Å². The van der Waals surface area contributed by atoms with Gasteiger partial charge in [-0.15, -0.1) is 0 Å². The first kappa shape index (κ1) is 20.7. The first-order valence-corrected chi connectivity index (χ1v) is 8.99. The molecule has 0 saturated heterocycles. The van der Waals surface area contributed by atoms with E-state index in [2.05, 4.69) is 0 Å². The standard InChI is InChI=1S/C21H26O6/c1-7-25-18(23)21(19(24)26-8-2)12-17(20(5,6)27-14(4)22)15-10-9-13(3)11-16(15)21/h9-12H,7-8H2,1-6H3. The summed E-state index contributed by atoms with van der Waals surface area (Å²) in [5.41, 5.74) is -0.181. The van der Waals surface area contributed by atoms with Crippen molar-refractivity contribution in [2.75, 3.05) is 13.2 Å². The zero-order chi connectivity index (χ0) is 20.4. The number of ether oxygens (including phenoxy) is 3. The lowest BCUT2D eigenvalue weighted by Gasteiger charge is -2.27. The van der Waals surface area contributed by atoms with E-state index in [0.29, 0.717) is 16.7 Å². The molecule has 1 aromatic rings. The van der Waals surface area contributed by atoms with Gasteiger partial charge in [0.1, 0.15) is 5.60 Å². The van der Waals surface area contributed by atoms with Crippen molar-refractivity contribution in [2.24, 2.45) is 0 Å². The molecule has 0 amide bonds. The monoisotopic (exact) mass is 374 g/mol. The number of hydrogen-bond donors (Lipinski definition) is 0. The van der Waals surface area contributed by atoms with E-state index in [0.717, 1.165) is 5.56 Å². The summed E-state index contributed by atoms with van der Waals surface area (Å²) in [5.74, 6) is -1.87. The molecule has 0 saturated carbocycles. The van der Waals surface area contributed by atoms with Gasteiger partial charge in [-0.3, -0.25) is 14.4 Å². The van der Waals surface area contributed by atoms with E-state index in [9.17, 15) is 14.4 Å². The molecule has 0 spiro atoms. The molecule has 0 heterocycles. The summed E-state index contributed by atoms with van der Waals surface area (Å²) in [6.07, 6.45) is 1.52. The molecule has 27 heavy (non-hydrogen) atoms. The molecule has 1 aliphatic rings. The highest BCUT2D eigenvalue weighted by atomic mass is 16.6. The van der Waals surface area contributed by atoms with Gasteiger partial charge in [-0.1, -0.05) is 23.8 Å². The van der Waals surface area contributed by atoms with Crippen LogP contribution in [-0.2, 0) is 34.0 Å². The summed E-state index contributed by atoms with van der Waals surface area (Å²) in [6, 6.07) is 5.47. The van der Waals surface area contributed by atoms with Gasteiger partial charge in [0, 0.05) is 12.5 Å². The molecule has 146 valence electrons. The van der Waals surface area contributed by atoms with E-state index in [4.69, 9.17) is 14.2 Å². The Morgan fingerprint density at radius 3 is 2.07 bits per heavy atom. The minimum absolute atomic E-state index is 0.123. The maximum atomic E-state index is 13.0. The Bertz CT molecular complexity index is 785. The SMILES string of the molecule is CCOC(=O)C1(C(=O)OCC)C=C(C(C)(C)OC(C)=O)c2ccc(C)cc21. The number of aryl methyl sites for hydroxylation is 1.